The van der Waals surface area contributed by atoms with Crippen LogP contribution in [0.15, 0.2) is 65.6 Å². The van der Waals surface area contributed by atoms with Crippen LogP contribution in [0.25, 0.3) is 11.1 Å². The standard InChI is InChI=1S/C25H29N3O4S/c1-16-14-18(11-12-19(16)20-8-6-7-9-21(20)26)27-24(29)17-10-13-23(22(15-17)32-5)33(30,31)28-25(2,3)4/h6-15,28H,26H2,1-5H3,(H,27,29). The van der Waals surface area contributed by atoms with E-state index in [-0.39, 0.29) is 22.1 Å². The molecule has 0 spiro atoms. The third-order valence-electron chi connectivity index (χ3n) is 4.89. The summed E-state index contributed by atoms with van der Waals surface area (Å²) in [6, 6.07) is 17.4. The molecular weight excluding hydrogens is 438 g/mol. The van der Waals surface area contributed by atoms with E-state index >= 15 is 0 Å². The Balaban J connectivity index is 1.85. The number of hydrogen-bond acceptors (Lipinski definition) is 5. The molecule has 0 aliphatic rings. The van der Waals surface area contributed by atoms with Gasteiger partial charge >= 0.3 is 0 Å². The number of hydrogen-bond donors (Lipinski definition) is 3. The van der Waals surface area contributed by atoms with Crippen LogP contribution in [0.3, 0.4) is 0 Å². The topological polar surface area (TPSA) is 111 Å². The monoisotopic (exact) mass is 467 g/mol. The summed E-state index contributed by atoms with van der Waals surface area (Å²) in [5.41, 5.74) is 9.87. The van der Waals surface area contributed by atoms with Crippen LogP contribution in [0.1, 0.15) is 36.7 Å². The van der Waals surface area contributed by atoms with Gasteiger partial charge in [0.05, 0.1) is 7.11 Å². The smallest absolute Gasteiger partial charge is 0.255 e. The molecule has 0 aliphatic carbocycles. The van der Waals surface area contributed by atoms with Gasteiger partial charge in [-0.1, -0.05) is 24.3 Å². The molecule has 1 amide bonds. The second kappa shape index (κ2) is 9.25. The van der Waals surface area contributed by atoms with E-state index in [1.165, 1.54) is 25.3 Å². The first kappa shape index (κ1) is 24.3. The number of carbonyl (C=O) groups excluding carboxylic acids is 1. The van der Waals surface area contributed by atoms with Crippen LogP contribution < -0.4 is 20.5 Å². The van der Waals surface area contributed by atoms with Crippen LogP contribution in [0.4, 0.5) is 11.4 Å². The van der Waals surface area contributed by atoms with Gasteiger partial charge in [-0.15, -0.1) is 0 Å². The van der Waals surface area contributed by atoms with E-state index in [4.69, 9.17) is 10.5 Å². The number of nitrogens with two attached hydrogens (primary N) is 1. The summed E-state index contributed by atoms with van der Waals surface area (Å²) in [5.74, 6) is -0.294. The second-order valence-corrected chi connectivity index (χ2v) is 10.4. The summed E-state index contributed by atoms with van der Waals surface area (Å²) in [6.45, 7) is 7.19. The van der Waals surface area contributed by atoms with Gasteiger partial charge in [-0.3, -0.25) is 4.79 Å². The Morgan fingerprint density at radius 3 is 2.27 bits per heavy atom. The lowest BCUT2D eigenvalue weighted by Gasteiger charge is -2.21. The molecule has 0 aromatic heterocycles. The second-order valence-electron chi connectivity index (χ2n) is 8.79. The minimum atomic E-state index is -3.82. The Hall–Kier alpha value is -3.36. The molecule has 0 atom stereocenters. The maximum atomic E-state index is 12.8. The summed E-state index contributed by atoms with van der Waals surface area (Å²) < 4.78 is 33.3. The highest BCUT2D eigenvalue weighted by molar-refractivity contribution is 7.89. The largest absolute Gasteiger partial charge is 0.495 e. The number of sulfonamides is 1. The van der Waals surface area contributed by atoms with E-state index in [0.717, 1.165) is 16.7 Å². The number of rotatable bonds is 6. The lowest BCUT2D eigenvalue weighted by Crippen LogP contribution is -2.40. The van der Waals surface area contributed by atoms with Crippen LogP contribution in [0.5, 0.6) is 5.75 Å². The molecule has 0 radical (unpaired) electrons. The average Bonchev–Trinajstić information content (AvgIpc) is 2.72. The van der Waals surface area contributed by atoms with Crippen LogP contribution in [0, 0.1) is 6.92 Å². The normalized spacial score (nSPS) is 11.8. The van der Waals surface area contributed by atoms with Crippen molar-refractivity contribution in [3.05, 3.63) is 71.8 Å². The molecule has 3 rings (SSSR count). The number of methoxy groups -OCH3 is 1. The average molecular weight is 468 g/mol. The highest BCUT2D eigenvalue weighted by Crippen LogP contribution is 2.31. The number of benzene rings is 3. The highest BCUT2D eigenvalue weighted by Gasteiger charge is 2.26. The first-order chi connectivity index (χ1) is 15.4. The highest BCUT2D eigenvalue weighted by atomic mass is 32.2. The molecule has 8 heteroatoms. The minimum Gasteiger partial charge on any atom is -0.495 e. The fraction of sp³-hybridized carbons (Fsp3) is 0.240. The Labute approximate surface area is 195 Å². The SMILES string of the molecule is COc1cc(C(=O)Nc2ccc(-c3ccccc3N)c(C)c2)ccc1S(=O)(=O)NC(C)(C)C. The quantitative estimate of drug-likeness (QED) is 0.460. The molecule has 0 bridgehead atoms. The number of para-hydroxylation sites is 1. The van der Waals surface area contributed by atoms with Crippen molar-refractivity contribution in [3.8, 4) is 16.9 Å². The maximum Gasteiger partial charge on any atom is 0.255 e. The summed E-state index contributed by atoms with van der Waals surface area (Å²) in [6.07, 6.45) is 0. The summed E-state index contributed by atoms with van der Waals surface area (Å²) in [5, 5.41) is 2.85. The van der Waals surface area contributed by atoms with Crippen molar-refractivity contribution in [2.45, 2.75) is 38.1 Å². The molecule has 0 saturated carbocycles. The number of aryl methyl sites for hydroxylation is 1. The van der Waals surface area contributed by atoms with E-state index in [2.05, 4.69) is 10.0 Å². The van der Waals surface area contributed by atoms with Gasteiger partial charge in [0.1, 0.15) is 10.6 Å². The number of nitrogens with one attached hydrogen (secondary N) is 2. The third-order valence-corrected chi connectivity index (χ3v) is 6.69. The predicted molar refractivity (Wildman–Crippen MR) is 132 cm³/mol. The van der Waals surface area contributed by atoms with Crippen LogP contribution in [-0.2, 0) is 10.0 Å². The zero-order valence-electron chi connectivity index (χ0n) is 19.4. The van der Waals surface area contributed by atoms with Crippen molar-refractivity contribution >= 4 is 27.3 Å². The molecule has 0 aliphatic heterocycles. The summed E-state index contributed by atoms with van der Waals surface area (Å²) in [7, 11) is -2.45. The molecule has 3 aromatic rings. The predicted octanol–water partition coefficient (Wildman–Crippen LogP) is 4.58. The molecule has 33 heavy (non-hydrogen) atoms. The molecule has 0 fully saturated rings. The van der Waals surface area contributed by atoms with Gasteiger partial charge in [-0.05, 0) is 75.2 Å². The van der Waals surface area contributed by atoms with E-state index in [1.54, 1.807) is 26.8 Å². The summed E-state index contributed by atoms with van der Waals surface area (Å²) >= 11 is 0. The number of anilines is 2. The van der Waals surface area contributed by atoms with E-state index in [0.29, 0.717) is 11.4 Å². The lowest BCUT2D eigenvalue weighted by molar-refractivity contribution is 0.102. The number of ether oxygens (including phenoxy) is 1. The zero-order valence-corrected chi connectivity index (χ0v) is 20.2. The van der Waals surface area contributed by atoms with Gasteiger partial charge in [0.15, 0.2) is 0 Å². The Morgan fingerprint density at radius 1 is 0.970 bits per heavy atom. The molecule has 0 heterocycles. The first-order valence-corrected chi connectivity index (χ1v) is 11.9. The Bertz CT molecular complexity index is 1300. The first-order valence-electron chi connectivity index (χ1n) is 10.4. The molecule has 174 valence electrons. The van der Waals surface area contributed by atoms with E-state index in [1.807, 2.05) is 43.3 Å². The Kier molecular flexibility index (Phi) is 6.81. The van der Waals surface area contributed by atoms with Gasteiger partial charge in [0.2, 0.25) is 10.0 Å². The number of carbonyl (C=O) groups is 1. The van der Waals surface area contributed by atoms with E-state index in [9.17, 15) is 13.2 Å². The maximum absolute atomic E-state index is 12.8. The lowest BCUT2D eigenvalue weighted by atomic mass is 9.98. The van der Waals surface area contributed by atoms with Crippen molar-refractivity contribution in [3.63, 3.8) is 0 Å². The van der Waals surface area contributed by atoms with Crippen LogP contribution in [-0.4, -0.2) is 27.0 Å². The van der Waals surface area contributed by atoms with Gasteiger partial charge < -0.3 is 15.8 Å². The van der Waals surface area contributed by atoms with Crippen molar-refractivity contribution < 1.29 is 17.9 Å². The molecule has 3 aromatic carbocycles. The summed E-state index contributed by atoms with van der Waals surface area (Å²) in [4.78, 5) is 12.8. The van der Waals surface area contributed by atoms with Crippen molar-refractivity contribution in [2.75, 3.05) is 18.2 Å². The number of amides is 1. The van der Waals surface area contributed by atoms with Gasteiger partial charge in [0.25, 0.3) is 5.91 Å². The zero-order chi connectivity index (χ0) is 24.4. The molecule has 7 nitrogen and oxygen atoms in total. The molecule has 0 unspecified atom stereocenters. The molecule has 0 saturated heterocycles. The molecule has 4 N–H and O–H groups in total. The fourth-order valence-electron chi connectivity index (χ4n) is 3.48. The third kappa shape index (κ3) is 5.71. The van der Waals surface area contributed by atoms with E-state index < -0.39 is 15.6 Å². The minimum absolute atomic E-state index is 0.0304. The van der Waals surface area contributed by atoms with Crippen molar-refractivity contribution in [1.29, 1.82) is 0 Å². The van der Waals surface area contributed by atoms with Crippen LogP contribution >= 0.6 is 0 Å². The molecular formula is C25H29N3O4S. The van der Waals surface area contributed by atoms with Crippen molar-refractivity contribution in [1.82, 2.24) is 4.72 Å². The Morgan fingerprint density at radius 2 is 1.67 bits per heavy atom. The van der Waals surface area contributed by atoms with Gasteiger partial charge in [-0.25, -0.2) is 13.1 Å². The van der Waals surface area contributed by atoms with Gasteiger partial charge in [-0.2, -0.15) is 0 Å². The van der Waals surface area contributed by atoms with Gasteiger partial charge in [0, 0.05) is 28.0 Å². The van der Waals surface area contributed by atoms with Crippen LogP contribution in [0.2, 0.25) is 0 Å². The number of nitrogen functional groups attached to an aromatic ring is 1. The van der Waals surface area contributed by atoms with Crippen molar-refractivity contribution in [2.24, 2.45) is 0 Å². The fourth-order valence-corrected chi connectivity index (χ4v) is 5.05.